The third-order valence-electron chi connectivity index (χ3n) is 4.13. The van der Waals surface area contributed by atoms with Gasteiger partial charge in [-0.2, -0.15) is 13.2 Å². The molecule has 4 nitrogen and oxygen atoms in total. The maximum atomic E-state index is 12.5. The Bertz CT molecular complexity index is 471. The molecule has 1 atom stereocenters. The summed E-state index contributed by atoms with van der Waals surface area (Å²) < 4.78 is 42.7. The van der Waals surface area contributed by atoms with Crippen LogP contribution < -0.4 is 0 Å². The van der Waals surface area contributed by atoms with Crippen LogP contribution in [0.1, 0.15) is 17.2 Å². The number of methoxy groups -OCH3 is 1. The summed E-state index contributed by atoms with van der Waals surface area (Å²) in [6, 6.07) is 4.73. The number of piperazine rings is 1. The topological polar surface area (TPSA) is 35.9 Å². The van der Waals surface area contributed by atoms with E-state index in [9.17, 15) is 18.3 Å². The van der Waals surface area contributed by atoms with Crippen LogP contribution in [0.3, 0.4) is 0 Å². The van der Waals surface area contributed by atoms with Crippen molar-refractivity contribution in [1.82, 2.24) is 9.80 Å². The Balaban J connectivity index is 1.82. The normalized spacial score (nSPS) is 19.0. The fraction of sp³-hybridized carbons (Fsp3) is 0.625. The van der Waals surface area contributed by atoms with Gasteiger partial charge in [0.15, 0.2) is 0 Å². The zero-order chi connectivity index (χ0) is 16.9. The van der Waals surface area contributed by atoms with E-state index < -0.39 is 17.8 Å². The second-order valence-corrected chi connectivity index (χ2v) is 5.77. The summed E-state index contributed by atoms with van der Waals surface area (Å²) in [5.41, 5.74) is -0.181. The zero-order valence-corrected chi connectivity index (χ0v) is 13.2. The van der Waals surface area contributed by atoms with Crippen molar-refractivity contribution in [3.63, 3.8) is 0 Å². The molecule has 1 saturated heterocycles. The van der Waals surface area contributed by atoms with E-state index >= 15 is 0 Å². The molecule has 1 unspecified atom stereocenters. The van der Waals surface area contributed by atoms with Gasteiger partial charge < -0.3 is 9.84 Å². The van der Waals surface area contributed by atoms with Crippen molar-refractivity contribution in [1.29, 1.82) is 0 Å². The number of aliphatic hydroxyl groups is 1. The van der Waals surface area contributed by atoms with Crippen LogP contribution in [0.5, 0.6) is 0 Å². The summed E-state index contributed by atoms with van der Waals surface area (Å²) >= 11 is 0. The predicted octanol–water partition coefficient (Wildman–Crippen LogP) is 2.00. The minimum atomic E-state index is -4.35. The summed E-state index contributed by atoms with van der Waals surface area (Å²) in [5.74, 6) is 0. The van der Waals surface area contributed by atoms with Gasteiger partial charge in [0.25, 0.3) is 0 Å². The highest BCUT2D eigenvalue weighted by Gasteiger charge is 2.30. The molecule has 23 heavy (non-hydrogen) atoms. The fourth-order valence-electron chi connectivity index (χ4n) is 2.66. The van der Waals surface area contributed by atoms with Gasteiger partial charge in [-0.05, 0) is 17.7 Å². The molecule has 0 bridgehead atoms. The minimum Gasteiger partial charge on any atom is -0.387 e. The first-order chi connectivity index (χ1) is 10.9. The molecule has 1 N–H and O–H groups in total. The molecule has 1 aromatic rings. The van der Waals surface area contributed by atoms with Crippen LogP contribution in [0.15, 0.2) is 24.3 Å². The average Bonchev–Trinajstić information content (AvgIpc) is 2.53. The van der Waals surface area contributed by atoms with Gasteiger partial charge in [0.2, 0.25) is 0 Å². The quantitative estimate of drug-likeness (QED) is 0.864. The van der Waals surface area contributed by atoms with E-state index in [-0.39, 0.29) is 0 Å². The Hall–Kier alpha value is -1.15. The van der Waals surface area contributed by atoms with Gasteiger partial charge in [-0.1, -0.05) is 12.1 Å². The van der Waals surface area contributed by atoms with Crippen molar-refractivity contribution < 1.29 is 23.0 Å². The molecular weight excluding hydrogens is 309 g/mol. The van der Waals surface area contributed by atoms with Gasteiger partial charge in [0, 0.05) is 46.4 Å². The number of aliphatic hydroxyl groups excluding tert-OH is 1. The molecule has 0 aliphatic carbocycles. The molecular formula is C16H23F3N2O2. The average molecular weight is 332 g/mol. The third kappa shape index (κ3) is 5.46. The summed E-state index contributed by atoms with van der Waals surface area (Å²) in [4.78, 5) is 4.43. The highest BCUT2D eigenvalue weighted by atomic mass is 19.4. The molecule has 0 spiro atoms. The molecule has 2 rings (SSSR count). The number of nitrogens with zero attached hydrogens (tertiary/aromatic N) is 2. The van der Waals surface area contributed by atoms with Crippen LogP contribution >= 0.6 is 0 Å². The Kier molecular flexibility index (Phi) is 6.41. The number of benzene rings is 1. The first-order valence-corrected chi connectivity index (χ1v) is 7.69. The maximum Gasteiger partial charge on any atom is 0.416 e. The lowest BCUT2D eigenvalue weighted by Gasteiger charge is -2.35. The second kappa shape index (κ2) is 8.10. The molecule has 1 aliphatic heterocycles. The van der Waals surface area contributed by atoms with Gasteiger partial charge in [0.05, 0.1) is 18.3 Å². The number of rotatable bonds is 6. The lowest BCUT2D eigenvalue weighted by atomic mass is 10.1. The van der Waals surface area contributed by atoms with Gasteiger partial charge in [-0.3, -0.25) is 9.80 Å². The summed E-state index contributed by atoms with van der Waals surface area (Å²) in [6.45, 7) is 5.51. The Morgan fingerprint density at radius 3 is 2.17 bits per heavy atom. The second-order valence-electron chi connectivity index (χ2n) is 5.77. The number of alkyl halides is 3. The highest BCUT2D eigenvalue weighted by molar-refractivity contribution is 5.26. The lowest BCUT2D eigenvalue weighted by molar-refractivity contribution is -0.137. The molecule has 7 heteroatoms. The monoisotopic (exact) mass is 332 g/mol. The molecule has 0 amide bonds. The van der Waals surface area contributed by atoms with E-state index in [1.807, 2.05) is 0 Å². The summed E-state index contributed by atoms with van der Waals surface area (Å²) in [7, 11) is 1.68. The zero-order valence-electron chi connectivity index (χ0n) is 13.2. The number of ether oxygens (including phenoxy) is 1. The van der Waals surface area contributed by atoms with Crippen LogP contribution in [0, 0.1) is 0 Å². The van der Waals surface area contributed by atoms with Crippen molar-refractivity contribution in [2.24, 2.45) is 0 Å². The Labute approximate surface area is 134 Å². The van der Waals surface area contributed by atoms with Crippen LogP contribution in [-0.4, -0.2) is 67.9 Å². The Morgan fingerprint density at radius 1 is 1.09 bits per heavy atom. The highest BCUT2D eigenvalue weighted by Crippen LogP contribution is 2.30. The standard InChI is InChI=1S/C16H23F3N2O2/c1-23-11-10-20-6-8-21(9-7-20)12-15(22)13-2-4-14(5-3-13)16(17,18)19/h2-5,15,22H,6-12H2,1H3. The van der Waals surface area contributed by atoms with Gasteiger partial charge >= 0.3 is 6.18 Å². The molecule has 1 aliphatic rings. The van der Waals surface area contributed by atoms with Crippen molar-refractivity contribution in [2.45, 2.75) is 12.3 Å². The first-order valence-electron chi connectivity index (χ1n) is 7.69. The molecule has 130 valence electrons. The minimum absolute atomic E-state index is 0.434. The van der Waals surface area contributed by atoms with Crippen LogP contribution in [0.4, 0.5) is 13.2 Å². The maximum absolute atomic E-state index is 12.5. The van der Waals surface area contributed by atoms with Gasteiger partial charge in [-0.15, -0.1) is 0 Å². The molecule has 1 fully saturated rings. The third-order valence-corrected chi connectivity index (χ3v) is 4.13. The van der Waals surface area contributed by atoms with E-state index in [2.05, 4.69) is 9.80 Å². The SMILES string of the molecule is COCCN1CCN(CC(O)c2ccc(C(F)(F)F)cc2)CC1. The van der Waals surface area contributed by atoms with Crippen molar-refractivity contribution in [3.8, 4) is 0 Å². The number of hydrogen-bond donors (Lipinski definition) is 1. The van der Waals surface area contributed by atoms with Gasteiger partial charge in [-0.25, -0.2) is 0 Å². The van der Waals surface area contributed by atoms with E-state index in [4.69, 9.17) is 4.74 Å². The smallest absolute Gasteiger partial charge is 0.387 e. The predicted molar refractivity (Wildman–Crippen MR) is 81.2 cm³/mol. The van der Waals surface area contributed by atoms with Crippen LogP contribution in [-0.2, 0) is 10.9 Å². The fourth-order valence-corrected chi connectivity index (χ4v) is 2.66. The number of β-amino-alcohol motifs (C(OH)–C–C–N with tert-alkyl or cyclic N) is 1. The summed E-state index contributed by atoms with van der Waals surface area (Å²) in [6.07, 6.45) is -5.12. The van der Waals surface area contributed by atoms with Gasteiger partial charge in [0.1, 0.15) is 0 Å². The van der Waals surface area contributed by atoms with E-state index in [1.165, 1.54) is 12.1 Å². The number of hydrogen-bond acceptors (Lipinski definition) is 4. The van der Waals surface area contributed by atoms with Crippen molar-refractivity contribution in [2.75, 3.05) is 53.0 Å². The van der Waals surface area contributed by atoms with E-state index in [1.54, 1.807) is 7.11 Å². The van der Waals surface area contributed by atoms with E-state index in [0.717, 1.165) is 44.9 Å². The van der Waals surface area contributed by atoms with Crippen LogP contribution in [0.25, 0.3) is 0 Å². The van der Waals surface area contributed by atoms with E-state index in [0.29, 0.717) is 18.7 Å². The lowest BCUT2D eigenvalue weighted by Crippen LogP contribution is -2.48. The summed E-state index contributed by atoms with van der Waals surface area (Å²) in [5, 5.41) is 10.2. The molecule has 0 aromatic heterocycles. The number of halogens is 3. The van der Waals surface area contributed by atoms with Crippen molar-refractivity contribution >= 4 is 0 Å². The first kappa shape index (κ1) is 18.2. The largest absolute Gasteiger partial charge is 0.416 e. The van der Waals surface area contributed by atoms with Crippen LogP contribution in [0.2, 0.25) is 0 Å². The molecule has 0 saturated carbocycles. The molecule has 0 radical (unpaired) electrons. The Morgan fingerprint density at radius 2 is 1.65 bits per heavy atom. The molecule has 1 heterocycles. The van der Waals surface area contributed by atoms with Crippen molar-refractivity contribution in [3.05, 3.63) is 35.4 Å². The molecule has 1 aromatic carbocycles.